The first-order valence-electron chi connectivity index (χ1n) is 8.19. The topological polar surface area (TPSA) is 17.1 Å². The largest absolute Gasteiger partial charge is 0.299 e. The molecule has 116 valence electrons. The fourth-order valence-corrected chi connectivity index (χ4v) is 4.43. The Morgan fingerprint density at radius 1 is 1.40 bits per heavy atom. The average molecular weight is 297 g/mol. The molecule has 1 rings (SSSR count). The van der Waals surface area contributed by atoms with E-state index in [1.54, 1.807) is 0 Å². The lowest BCUT2D eigenvalue weighted by molar-refractivity contribution is -0.128. The molecule has 1 aliphatic carbocycles. The summed E-state index contributed by atoms with van der Waals surface area (Å²) < 4.78 is 0. The molecule has 3 atom stereocenters. The molecule has 0 bridgehead atoms. The van der Waals surface area contributed by atoms with Crippen LogP contribution in [0, 0.1) is 17.3 Å². The third-order valence-electron chi connectivity index (χ3n) is 4.44. The number of allylic oxidation sites excluding steroid dienone is 2. The Kier molecular flexibility index (Phi) is 7.36. The lowest BCUT2D eigenvalue weighted by Gasteiger charge is -2.39. The number of hydrogen-bond donors (Lipinski definition) is 0. The minimum absolute atomic E-state index is 0.123. The van der Waals surface area contributed by atoms with Crippen molar-refractivity contribution in [1.29, 1.82) is 0 Å². The van der Waals surface area contributed by atoms with Crippen LogP contribution >= 0.6 is 11.8 Å². The Bertz CT molecular complexity index is 332. The van der Waals surface area contributed by atoms with Gasteiger partial charge in [0.15, 0.2) is 0 Å². The summed E-state index contributed by atoms with van der Waals surface area (Å²) in [5.41, 5.74) is 0.123. The molecule has 1 nitrogen and oxygen atoms in total. The number of hydrogen-bond acceptors (Lipinski definition) is 2. The van der Waals surface area contributed by atoms with E-state index in [9.17, 15) is 4.79 Å². The van der Waals surface area contributed by atoms with Crippen molar-refractivity contribution < 1.29 is 4.79 Å². The lowest BCUT2D eigenvalue weighted by atomic mass is 9.65. The molecule has 0 aromatic heterocycles. The number of carbonyl (C=O) groups is 1. The quantitative estimate of drug-likeness (QED) is 0.435. The molecule has 0 aromatic rings. The SMILES string of the molecule is CCCCCSC(C)CC(=O)C1C(C)C=CCC1(C)C. The number of carbonyl (C=O) groups excluding carboxylic acids is 1. The second kappa shape index (κ2) is 8.26. The zero-order chi connectivity index (χ0) is 15.2. The molecule has 0 radical (unpaired) electrons. The van der Waals surface area contributed by atoms with Crippen LogP contribution in [0.2, 0.25) is 0 Å². The minimum Gasteiger partial charge on any atom is -0.299 e. The second-order valence-corrected chi connectivity index (χ2v) is 8.56. The Hall–Kier alpha value is -0.240. The second-order valence-electron chi connectivity index (χ2n) is 7.02. The van der Waals surface area contributed by atoms with Crippen LogP contribution in [0.1, 0.15) is 66.7 Å². The third kappa shape index (κ3) is 5.27. The summed E-state index contributed by atoms with van der Waals surface area (Å²) >= 11 is 1.97. The Morgan fingerprint density at radius 2 is 2.10 bits per heavy atom. The first-order valence-corrected chi connectivity index (χ1v) is 9.24. The van der Waals surface area contributed by atoms with E-state index in [2.05, 4.69) is 46.8 Å². The number of unbranched alkanes of at least 4 members (excludes halogenated alkanes) is 2. The van der Waals surface area contributed by atoms with Crippen molar-refractivity contribution >= 4 is 17.5 Å². The maximum absolute atomic E-state index is 12.7. The van der Waals surface area contributed by atoms with Gasteiger partial charge in [0, 0.05) is 17.6 Å². The number of Topliss-reactive ketones (excluding diaryl/α,β-unsaturated/α-hetero) is 1. The van der Waals surface area contributed by atoms with Gasteiger partial charge in [0.2, 0.25) is 0 Å². The normalized spacial score (nSPS) is 26.4. The average Bonchev–Trinajstić information content (AvgIpc) is 2.33. The number of thioether (sulfide) groups is 1. The molecule has 3 unspecified atom stereocenters. The highest BCUT2D eigenvalue weighted by Crippen LogP contribution is 2.42. The van der Waals surface area contributed by atoms with Crippen LogP contribution in [0.5, 0.6) is 0 Å². The third-order valence-corrected chi connectivity index (χ3v) is 5.70. The predicted molar refractivity (Wildman–Crippen MR) is 91.3 cm³/mol. The molecule has 2 heteroatoms. The molecule has 20 heavy (non-hydrogen) atoms. The Morgan fingerprint density at radius 3 is 2.70 bits per heavy atom. The molecular formula is C18H32OS. The zero-order valence-corrected chi connectivity index (χ0v) is 14.8. The van der Waals surface area contributed by atoms with E-state index < -0.39 is 0 Å². The van der Waals surface area contributed by atoms with Gasteiger partial charge in [0.1, 0.15) is 5.78 Å². The predicted octanol–water partition coefficient (Wildman–Crippen LogP) is 5.50. The zero-order valence-electron chi connectivity index (χ0n) is 13.9. The molecule has 0 saturated carbocycles. The van der Waals surface area contributed by atoms with E-state index in [1.807, 2.05) is 11.8 Å². The van der Waals surface area contributed by atoms with Gasteiger partial charge < -0.3 is 0 Å². The molecule has 0 N–H and O–H groups in total. The van der Waals surface area contributed by atoms with Gasteiger partial charge in [-0.25, -0.2) is 0 Å². The van der Waals surface area contributed by atoms with Crippen LogP contribution in [0.15, 0.2) is 12.2 Å². The van der Waals surface area contributed by atoms with Crippen LogP contribution in [0.4, 0.5) is 0 Å². The van der Waals surface area contributed by atoms with Gasteiger partial charge in [-0.3, -0.25) is 4.79 Å². The first-order chi connectivity index (χ1) is 9.38. The monoisotopic (exact) mass is 296 g/mol. The molecule has 0 fully saturated rings. The van der Waals surface area contributed by atoms with Gasteiger partial charge in [0.05, 0.1) is 0 Å². The summed E-state index contributed by atoms with van der Waals surface area (Å²) in [4.78, 5) is 12.7. The molecule has 0 amide bonds. The minimum atomic E-state index is 0.123. The van der Waals surface area contributed by atoms with Gasteiger partial charge in [-0.2, -0.15) is 11.8 Å². The summed E-state index contributed by atoms with van der Waals surface area (Å²) in [7, 11) is 0. The van der Waals surface area contributed by atoms with Crippen molar-refractivity contribution in [2.24, 2.45) is 17.3 Å². The van der Waals surface area contributed by atoms with Gasteiger partial charge in [-0.05, 0) is 29.9 Å². The smallest absolute Gasteiger partial charge is 0.138 e. The maximum atomic E-state index is 12.7. The van der Waals surface area contributed by atoms with Gasteiger partial charge in [0.25, 0.3) is 0 Å². The Labute approximate surface area is 130 Å². The van der Waals surface area contributed by atoms with Gasteiger partial charge in [-0.15, -0.1) is 0 Å². The standard InChI is InChI=1S/C18H32OS/c1-6-7-8-12-20-15(3)13-16(19)17-14(2)10-9-11-18(17,4)5/h9-10,14-15,17H,6-8,11-13H2,1-5H3. The van der Waals surface area contributed by atoms with Crippen molar-refractivity contribution in [2.75, 3.05) is 5.75 Å². The lowest BCUT2D eigenvalue weighted by Crippen LogP contribution is -2.38. The van der Waals surface area contributed by atoms with E-state index in [0.717, 1.165) is 12.8 Å². The molecule has 0 heterocycles. The van der Waals surface area contributed by atoms with Crippen molar-refractivity contribution in [3.8, 4) is 0 Å². The van der Waals surface area contributed by atoms with Crippen LogP contribution in [-0.4, -0.2) is 16.8 Å². The van der Waals surface area contributed by atoms with Crippen molar-refractivity contribution in [2.45, 2.75) is 72.0 Å². The van der Waals surface area contributed by atoms with E-state index >= 15 is 0 Å². The van der Waals surface area contributed by atoms with Crippen molar-refractivity contribution in [3.63, 3.8) is 0 Å². The highest BCUT2D eigenvalue weighted by atomic mass is 32.2. The Balaban J connectivity index is 2.46. The number of rotatable bonds is 8. The highest BCUT2D eigenvalue weighted by Gasteiger charge is 2.39. The van der Waals surface area contributed by atoms with Crippen LogP contribution in [-0.2, 0) is 4.79 Å². The molecule has 0 spiro atoms. The summed E-state index contributed by atoms with van der Waals surface area (Å²) in [6.45, 7) is 11.1. The van der Waals surface area contributed by atoms with Crippen LogP contribution < -0.4 is 0 Å². The van der Waals surface area contributed by atoms with Gasteiger partial charge >= 0.3 is 0 Å². The van der Waals surface area contributed by atoms with E-state index in [0.29, 0.717) is 17.0 Å². The first kappa shape index (κ1) is 17.8. The summed E-state index contributed by atoms with van der Waals surface area (Å²) in [5, 5.41) is 0.466. The fourth-order valence-electron chi connectivity index (χ4n) is 3.37. The molecule has 0 aliphatic heterocycles. The van der Waals surface area contributed by atoms with E-state index in [4.69, 9.17) is 0 Å². The summed E-state index contributed by atoms with van der Waals surface area (Å²) in [6, 6.07) is 0. The fraction of sp³-hybridized carbons (Fsp3) is 0.833. The maximum Gasteiger partial charge on any atom is 0.138 e. The number of ketones is 1. The summed E-state index contributed by atoms with van der Waals surface area (Å²) in [6.07, 6.45) is 10.1. The van der Waals surface area contributed by atoms with E-state index in [1.165, 1.54) is 25.0 Å². The molecular weight excluding hydrogens is 264 g/mol. The highest BCUT2D eigenvalue weighted by molar-refractivity contribution is 7.99. The van der Waals surface area contributed by atoms with Gasteiger partial charge in [-0.1, -0.05) is 59.6 Å². The van der Waals surface area contributed by atoms with Crippen molar-refractivity contribution in [3.05, 3.63) is 12.2 Å². The molecule has 0 aromatic carbocycles. The molecule has 1 aliphatic rings. The van der Waals surface area contributed by atoms with Crippen LogP contribution in [0.3, 0.4) is 0 Å². The van der Waals surface area contributed by atoms with Crippen LogP contribution in [0.25, 0.3) is 0 Å². The molecule has 0 saturated heterocycles. The summed E-state index contributed by atoms with van der Waals surface area (Å²) in [5.74, 6) is 2.27. The van der Waals surface area contributed by atoms with E-state index in [-0.39, 0.29) is 11.3 Å². The van der Waals surface area contributed by atoms with Crippen molar-refractivity contribution in [1.82, 2.24) is 0 Å².